The molecule has 0 aromatic heterocycles. The predicted octanol–water partition coefficient (Wildman–Crippen LogP) is 3.39. The van der Waals surface area contributed by atoms with Crippen LogP contribution in [0.5, 0.6) is 5.75 Å². The van der Waals surface area contributed by atoms with Crippen LogP contribution in [0.25, 0.3) is 0 Å². The molecule has 2 fully saturated rings. The Morgan fingerprint density at radius 2 is 1.73 bits per heavy atom. The highest BCUT2D eigenvalue weighted by Crippen LogP contribution is 2.25. The van der Waals surface area contributed by atoms with Gasteiger partial charge in [0.05, 0.1) is 12.8 Å². The van der Waals surface area contributed by atoms with Crippen molar-refractivity contribution in [3.63, 3.8) is 0 Å². The summed E-state index contributed by atoms with van der Waals surface area (Å²) in [6.07, 6.45) is 7.36. The number of hydrogen-bond donors (Lipinski definition) is 2. The van der Waals surface area contributed by atoms with E-state index in [4.69, 9.17) is 4.74 Å². The standard InChI is InChI=1S/C20H29N3O3/c1-26-18-10-6-5-9-17(18)22-20(25)23-13-11-15(12-14-23)19(24)21-16-7-3-2-4-8-16/h5-6,9-10,15-16H,2-4,7-8,11-14H2,1H3,(H,21,24)(H,22,25). The summed E-state index contributed by atoms with van der Waals surface area (Å²) in [5.74, 6) is 0.830. The number of anilines is 1. The number of amides is 3. The molecule has 0 spiro atoms. The van der Waals surface area contributed by atoms with Gasteiger partial charge < -0.3 is 20.3 Å². The monoisotopic (exact) mass is 359 g/mol. The molecule has 2 N–H and O–H groups in total. The topological polar surface area (TPSA) is 70.7 Å². The van der Waals surface area contributed by atoms with Crippen LogP contribution >= 0.6 is 0 Å². The van der Waals surface area contributed by atoms with Gasteiger partial charge in [-0.25, -0.2) is 4.79 Å². The first-order valence-electron chi connectivity index (χ1n) is 9.66. The number of urea groups is 1. The minimum absolute atomic E-state index is 0.0206. The second-order valence-corrected chi connectivity index (χ2v) is 7.24. The van der Waals surface area contributed by atoms with Crippen LogP contribution in [0.2, 0.25) is 0 Å². The van der Waals surface area contributed by atoms with Gasteiger partial charge in [-0.15, -0.1) is 0 Å². The minimum Gasteiger partial charge on any atom is -0.495 e. The number of ether oxygens (including phenoxy) is 1. The van der Waals surface area contributed by atoms with Gasteiger partial charge in [0.1, 0.15) is 5.75 Å². The third kappa shape index (κ3) is 4.68. The molecule has 26 heavy (non-hydrogen) atoms. The summed E-state index contributed by atoms with van der Waals surface area (Å²) in [5.41, 5.74) is 0.664. The molecule has 2 aliphatic rings. The van der Waals surface area contributed by atoms with Gasteiger partial charge in [-0.1, -0.05) is 31.4 Å². The maximum Gasteiger partial charge on any atom is 0.321 e. The summed E-state index contributed by atoms with van der Waals surface area (Å²) in [4.78, 5) is 26.7. The first-order chi connectivity index (χ1) is 12.7. The van der Waals surface area contributed by atoms with Crippen molar-refractivity contribution < 1.29 is 14.3 Å². The zero-order valence-corrected chi connectivity index (χ0v) is 15.5. The zero-order valence-electron chi connectivity index (χ0n) is 15.5. The van der Waals surface area contributed by atoms with Crippen LogP contribution in [0.15, 0.2) is 24.3 Å². The van der Waals surface area contributed by atoms with Crippen molar-refractivity contribution in [1.82, 2.24) is 10.2 Å². The lowest BCUT2D eigenvalue weighted by molar-refractivity contribution is -0.127. The van der Waals surface area contributed by atoms with Crippen molar-refractivity contribution in [2.24, 2.45) is 5.92 Å². The van der Waals surface area contributed by atoms with Crippen molar-refractivity contribution in [2.45, 2.75) is 51.0 Å². The lowest BCUT2D eigenvalue weighted by atomic mass is 9.92. The van der Waals surface area contributed by atoms with E-state index in [1.54, 1.807) is 12.0 Å². The molecular formula is C20H29N3O3. The van der Waals surface area contributed by atoms with Crippen molar-refractivity contribution in [3.8, 4) is 5.75 Å². The molecule has 142 valence electrons. The number of nitrogens with zero attached hydrogens (tertiary/aromatic N) is 1. The number of carbonyl (C=O) groups excluding carboxylic acids is 2. The molecule has 0 unspecified atom stereocenters. The maximum atomic E-state index is 12.5. The van der Waals surface area contributed by atoms with Gasteiger partial charge in [-0.3, -0.25) is 4.79 Å². The first-order valence-corrected chi connectivity index (χ1v) is 9.66. The Bertz CT molecular complexity index is 620. The summed E-state index contributed by atoms with van der Waals surface area (Å²) in [6.45, 7) is 1.20. The van der Waals surface area contributed by atoms with Gasteiger partial charge in [-0.05, 0) is 37.8 Å². The number of nitrogens with one attached hydrogen (secondary N) is 2. The number of likely N-dealkylation sites (tertiary alicyclic amines) is 1. The Morgan fingerprint density at radius 3 is 2.42 bits per heavy atom. The highest BCUT2D eigenvalue weighted by molar-refractivity contribution is 5.91. The molecule has 0 radical (unpaired) electrons. The van der Waals surface area contributed by atoms with E-state index in [1.165, 1.54) is 19.3 Å². The van der Waals surface area contributed by atoms with E-state index in [9.17, 15) is 9.59 Å². The Labute approximate surface area is 155 Å². The summed E-state index contributed by atoms with van der Waals surface area (Å²) >= 11 is 0. The van der Waals surface area contributed by atoms with E-state index in [2.05, 4.69) is 10.6 Å². The molecule has 1 saturated carbocycles. The number of rotatable bonds is 4. The largest absolute Gasteiger partial charge is 0.495 e. The molecule has 3 amide bonds. The van der Waals surface area contributed by atoms with E-state index in [0.717, 1.165) is 25.7 Å². The SMILES string of the molecule is COc1ccccc1NC(=O)N1CCC(C(=O)NC2CCCCC2)CC1. The van der Waals surface area contributed by atoms with Gasteiger partial charge in [0.25, 0.3) is 0 Å². The van der Waals surface area contributed by atoms with E-state index in [-0.39, 0.29) is 17.9 Å². The minimum atomic E-state index is -0.138. The predicted molar refractivity (Wildman–Crippen MR) is 101 cm³/mol. The lowest BCUT2D eigenvalue weighted by Gasteiger charge is -2.33. The van der Waals surface area contributed by atoms with Crippen LogP contribution in [-0.4, -0.2) is 43.1 Å². The normalized spacial score (nSPS) is 19.0. The molecule has 1 saturated heterocycles. The average molecular weight is 359 g/mol. The molecule has 1 aliphatic carbocycles. The molecule has 3 rings (SSSR count). The lowest BCUT2D eigenvalue weighted by Crippen LogP contribution is -2.46. The van der Waals surface area contributed by atoms with Crippen molar-refractivity contribution in [2.75, 3.05) is 25.5 Å². The Balaban J connectivity index is 1.46. The number of para-hydroxylation sites is 2. The molecule has 6 heteroatoms. The van der Waals surface area contributed by atoms with E-state index in [1.807, 2.05) is 24.3 Å². The molecule has 1 heterocycles. The summed E-state index contributed by atoms with van der Waals surface area (Å²) in [5, 5.41) is 6.12. The van der Waals surface area contributed by atoms with Crippen molar-refractivity contribution in [1.29, 1.82) is 0 Å². The Morgan fingerprint density at radius 1 is 1.04 bits per heavy atom. The second kappa shape index (κ2) is 8.92. The quantitative estimate of drug-likeness (QED) is 0.866. The first kappa shape index (κ1) is 18.5. The third-order valence-corrected chi connectivity index (χ3v) is 5.45. The third-order valence-electron chi connectivity index (χ3n) is 5.45. The van der Waals surface area contributed by atoms with Crippen molar-refractivity contribution >= 4 is 17.6 Å². The van der Waals surface area contributed by atoms with Gasteiger partial charge in [0.15, 0.2) is 0 Å². The zero-order chi connectivity index (χ0) is 18.4. The van der Waals surface area contributed by atoms with Crippen molar-refractivity contribution in [3.05, 3.63) is 24.3 Å². The van der Waals surface area contributed by atoms with Gasteiger partial charge in [-0.2, -0.15) is 0 Å². The van der Waals surface area contributed by atoms with Crippen LogP contribution in [-0.2, 0) is 4.79 Å². The average Bonchev–Trinajstić information content (AvgIpc) is 2.69. The molecular weight excluding hydrogens is 330 g/mol. The van der Waals surface area contributed by atoms with E-state index in [0.29, 0.717) is 30.6 Å². The molecule has 0 bridgehead atoms. The summed E-state index contributed by atoms with van der Waals surface area (Å²) in [7, 11) is 1.58. The second-order valence-electron chi connectivity index (χ2n) is 7.24. The maximum absolute atomic E-state index is 12.5. The molecule has 1 aromatic carbocycles. The molecule has 6 nitrogen and oxygen atoms in total. The smallest absolute Gasteiger partial charge is 0.321 e. The highest BCUT2D eigenvalue weighted by Gasteiger charge is 2.29. The van der Waals surface area contributed by atoms with E-state index < -0.39 is 0 Å². The fraction of sp³-hybridized carbons (Fsp3) is 0.600. The van der Waals surface area contributed by atoms with Crippen LogP contribution in [0.1, 0.15) is 44.9 Å². The molecule has 0 atom stereocenters. The van der Waals surface area contributed by atoms with Gasteiger partial charge in [0, 0.05) is 25.0 Å². The fourth-order valence-electron chi connectivity index (χ4n) is 3.85. The summed E-state index contributed by atoms with van der Waals surface area (Å²) < 4.78 is 5.27. The van der Waals surface area contributed by atoms with Gasteiger partial charge in [0.2, 0.25) is 5.91 Å². The number of benzene rings is 1. The molecule has 1 aliphatic heterocycles. The van der Waals surface area contributed by atoms with Crippen LogP contribution < -0.4 is 15.4 Å². The van der Waals surface area contributed by atoms with Crippen LogP contribution in [0.3, 0.4) is 0 Å². The Kier molecular flexibility index (Phi) is 6.36. The highest BCUT2D eigenvalue weighted by atomic mass is 16.5. The van der Waals surface area contributed by atoms with E-state index >= 15 is 0 Å². The Hall–Kier alpha value is -2.24. The summed E-state index contributed by atoms with van der Waals surface area (Å²) in [6, 6.07) is 7.58. The number of piperidine rings is 1. The van der Waals surface area contributed by atoms with Crippen LogP contribution in [0.4, 0.5) is 10.5 Å². The number of carbonyl (C=O) groups is 2. The fourth-order valence-corrected chi connectivity index (χ4v) is 3.85. The van der Waals surface area contributed by atoms with Gasteiger partial charge >= 0.3 is 6.03 Å². The molecule has 1 aromatic rings. The van der Waals surface area contributed by atoms with Crippen LogP contribution in [0, 0.1) is 5.92 Å². The number of methoxy groups -OCH3 is 1. The number of hydrogen-bond acceptors (Lipinski definition) is 3.